The molecule has 0 saturated heterocycles. The molecule has 10 N–H and O–H groups in total. The zero-order valence-corrected chi connectivity index (χ0v) is 22.7. The second-order valence-electron chi connectivity index (χ2n) is 9.68. The predicted octanol–water partition coefficient (Wildman–Crippen LogP) is 0.460. The average molecular weight is 561 g/mol. The SMILES string of the molecule is Cc1cc(=O)oc2cc(NC(=O)[C@H](CCCCN)NC(=O)[C@H](CCCCN)NC(=O)[C@@H](N)CCC(=O)O)ccc12. The summed E-state index contributed by atoms with van der Waals surface area (Å²) in [4.78, 5) is 61.7. The molecule has 0 spiro atoms. The summed E-state index contributed by atoms with van der Waals surface area (Å²) in [6.07, 6.45) is 2.50. The van der Waals surface area contributed by atoms with E-state index in [4.69, 9.17) is 26.7 Å². The van der Waals surface area contributed by atoms with Gasteiger partial charge in [-0.25, -0.2) is 4.79 Å². The molecule has 3 amide bonds. The Labute approximate surface area is 232 Å². The van der Waals surface area contributed by atoms with E-state index < -0.39 is 47.4 Å². The zero-order chi connectivity index (χ0) is 29.7. The van der Waals surface area contributed by atoms with Crippen LogP contribution in [0.15, 0.2) is 33.5 Å². The van der Waals surface area contributed by atoms with Crippen molar-refractivity contribution in [3.05, 3.63) is 40.2 Å². The number of carbonyl (C=O) groups is 4. The van der Waals surface area contributed by atoms with Gasteiger partial charge in [0.1, 0.15) is 17.7 Å². The molecular weight excluding hydrogens is 520 g/mol. The van der Waals surface area contributed by atoms with Gasteiger partial charge in [-0.15, -0.1) is 0 Å². The normalized spacial score (nSPS) is 13.3. The lowest BCUT2D eigenvalue weighted by molar-refractivity contribution is -0.137. The van der Waals surface area contributed by atoms with E-state index in [2.05, 4.69) is 16.0 Å². The molecule has 2 aromatic rings. The molecule has 0 bridgehead atoms. The highest BCUT2D eigenvalue weighted by Gasteiger charge is 2.28. The Kier molecular flexibility index (Phi) is 13.2. The molecule has 1 aromatic heterocycles. The number of carbonyl (C=O) groups excluding carboxylic acids is 3. The van der Waals surface area contributed by atoms with Crippen molar-refractivity contribution >= 4 is 40.3 Å². The van der Waals surface area contributed by atoms with Crippen LogP contribution in [0.5, 0.6) is 0 Å². The van der Waals surface area contributed by atoms with Crippen molar-refractivity contribution < 1.29 is 28.7 Å². The molecule has 13 heteroatoms. The van der Waals surface area contributed by atoms with E-state index in [0.29, 0.717) is 50.0 Å². The van der Waals surface area contributed by atoms with Gasteiger partial charge in [0.25, 0.3) is 0 Å². The van der Waals surface area contributed by atoms with Crippen LogP contribution in [0.25, 0.3) is 11.0 Å². The van der Waals surface area contributed by atoms with Gasteiger partial charge in [0, 0.05) is 29.6 Å². The Morgan fingerprint density at radius 3 is 2.08 bits per heavy atom. The summed E-state index contributed by atoms with van der Waals surface area (Å²) in [7, 11) is 0. The van der Waals surface area contributed by atoms with Crippen LogP contribution in [-0.4, -0.2) is 60.0 Å². The number of nitrogens with two attached hydrogens (primary N) is 3. The van der Waals surface area contributed by atoms with Crippen LogP contribution in [0.3, 0.4) is 0 Å². The molecule has 0 aliphatic rings. The molecule has 0 radical (unpaired) electrons. The van der Waals surface area contributed by atoms with Gasteiger partial charge in [-0.3, -0.25) is 19.2 Å². The molecular formula is C27H40N6O7. The molecule has 1 aromatic carbocycles. The third kappa shape index (κ3) is 10.4. The number of carboxylic acid groups (broad SMARTS) is 1. The number of hydrogen-bond donors (Lipinski definition) is 7. The Hall–Kier alpha value is -3.81. The molecule has 0 unspecified atom stereocenters. The number of aryl methyl sites for hydroxylation is 1. The number of rotatable bonds is 17. The molecule has 0 fully saturated rings. The maximum Gasteiger partial charge on any atom is 0.336 e. The van der Waals surface area contributed by atoms with E-state index >= 15 is 0 Å². The maximum absolute atomic E-state index is 13.3. The highest BCUT2D eigenvalue weighted by molar-refractivity contribution is 5.99. The lowest BCUT2D eigenvalue weighted by Crippen LogP contribution is -2.55. The maximum atomic E-state index is 13.3. The summed E-state index contributed by atoms with van der Waals surface area (Å²) >= 11 is 0. The number of unbranched alkanes of at least 4 members (excludes halogenated alkanes) is 2. The van der Waals surface area contributed by atoms with Crippen molar-refractivity contribution in [1.29, 1.82) is 0 Å². The first-order chi connectivity index (χ1) is 19.0. The molecule has 0 aliphatic heterocycles. The number of benzene rings is 1. The van der Waals surface area contributed by atoms with Gasteiger partial charge in [0.15, 0.2) is 0 Å². The van der Waals surface area contributed by atoms with Crippen LogP contribution in [0.1, 0.15) is 56.9 Å². The van der Waals surface area contributed by atoms with Crippen LogP contribution >= 0.6 is 0 Å². The fourth-order valence-electron chi connectivity index (χ4n) is 4.12. The Bertz CT molecular complexity index is 1230. The first-order valence-corrected chi connectivity index (χ1v) is 13.4. The minimum absolute atomic E-state index is 0.0895. The second-order valence-corrected chi connectivity index (χ2v) is 9.68. The Morgan fingerprint density at radius 1 is 0.875 bits per heavy atom. The number of anilines is 1. The van der Waals surface area contributed by atoms with Crippen molar-refractivity contribution in [2.75, 3.05) is 18.4 Å². The monoisotopic (exact) mass is 560 g/mol. The zero-order valence-electron chi connectivity index (χ0n) is 22.7. The van der Waals surface area contributed by atoms with Crippen molar-refractivity contribution in [3.8, 4) is 0 Å². The first-order valence-electron chi connectivity index (χ1n) is 13.4. The smallest absolute Gasteiger partial charge is 0.336 e. The minimum atomic E-state index is -1.11. The summed E-state index contributed by atoms with van der Waals surface area (Å²) < 4.78 is 5.25. The molecule has 1 heterocycles. The lowest BCUT2D eigenvalue weighted by atomic mass is 10.0. The van der Waals surface area contributed by atoms with Crippen LogP contribution in [0, 0.1) is 6.92 Å². The van der Waals surface area contributed by atoms with Gasteiger partial charge in [0.05, 0.1) is 6.04 Å². The molecule has 0 saturated carbocycles. The number of fused-ring (bicyclic) bond motifs is 1. The number of hydrogen-bond acceptors (Lipinski definition) is 9. The lowest BCUT2D eigenvalue weighted by Gasteiger charge is -2.24. The summed E-state index contributed by atoms with van der Waals surface area (Å²) in [5, 5.41) is 17.6. The third-order valence-electron chi connectivity index (χ3n) is 6.38. The predicted molar refractivity (Wildman–Crippen MR) is 150 cm³/mol. The van der Waals surface area contributed by atoms with Crippen LogP contribution in [0.2, 0.25) is 0 Å². The highest BCUT2D eigenvalue weighted by atomic mass is 16.4. The number of amides is 3. The van der Waals surface area contributed by atoms with Crippen molar-refractivity contribution in [1.82, 2.24) is 10.6 Å². The van der Waals surface area contributed by atoms with Gasteiger partial charge < -0.3 is 42.7 Å². The number of aliphatic carboxylic acids is 1. The standard InChI is InChI=1S/C27H40N6O7/c1-16-14-24(36)40-22-15-17(8-9-18(16)22)31-26(38)20(6-2-4-12-28)33-27(39)21(7-3-5-13-29)32-25(37)19(30)10-11-23(34)35/h8-9,14-15,19-21H,2-7,10-13,28-30H2,1H3,(H,31,38)(H,32,37)(H,33,39)(H,34,35)/t19-,20-,21-/m0/s1. The van der Waals surface area contributed by atoms with Gasteiger partial charge in [-0.1, -0.05) is 0 Å². The number of nitrogens with one attached hydrogen (secondary N) is 3. The molecule has 0 aliphatic carbocycles. The van der Waals surface area contributed by atoms with Crippen LogP contribution in [-0.2, 0) is 19.2 Å². The largest absolute Gasteiger partial charge is 0.481 e. The molecule has 220 valence electrons. The highest BCUT2D eigenvalue weighted by Crippen LogP contribution is 2.21. The van der Waals surface area contributed by atoms with Crippen molar-refractivity contribution in [3.63, 3.8) is 0 Å². The first kappa shape index (κ1) is 32.4. The topological polar surface area (TPSA) is 233 Å². The molecule has 2 rings (SSSR count). The Balaban J connectivity index is 2.18. The van der Waals surface area contributed by atoms with Gasteiger partial charge in [-0.05, 0) is 82.7 Å². The van der Waals surface area contributed by atoms with Gasteiger partial charge >= 0.3 is 11.6 Å². The molecule has 3 atom stereocenters. The van der Waals surface area contributed by atoms with Crippen LogP contribution < -0.4 is 38.8 Å². The van der Waals surface area contributed by atoms with Crippen LogP contribution in [0.4, 0.5) is 5.69 Å². The summed E-state index contributed by atoms with van der Waals surface area (Å²) in [6, 6.07) is 3.25. The van der Waals surface area contributed by atoms with E-state index in [0.717, 1.165) is 10.9 Å². The van der Waals surface area contributed by atoms with E-state index in [9.17, 15) is 24.0 Å². The molecule has 40 heavy (non-hydrogen) atoms. The molecule has 13 nitrogen and oxygen atoms in total. The Morgan fingerprint density at radius 2 is 1.48 bits per heavy atom. The summed E-state index contributed by atoms with van der Waals surface area (Å²) in [5.74, 6) is -2.82. The summed E-state index contributed by atoms with van der Waals surface area (Å²) in [6.45, 7) is 2.59. The fraction of sp³-hybridized carbons (Fsp3) is 0.519. The second kappa shape index (κ2) is 16.3. The summed E-state index contributed by atoms with van der Waals surface area (Å²) in [5.41, 5.74) is 17.9. The van der Waals surface area contributed by atoms with E-state index in [1.54, 1.807) is 19.1 Å². The fourth-order valence-corrected chi connectivity index (χ4v) is 4.12. The van der Waals surface area contributed by atoms with Crippen molar-refractivity contribution in [2.45, 2.75) is 76.4 Å². The van der Waals surface area contributed by atoms with E-state index in [1.807, 2.05) is 0 Å². The van der Waals surface area contributed by atoms with Gasteiger partial charge in [0.2, 0.25) is 17.7 Å². The number of carboxylic acids is 1. The van der Waals surface area contributed by atoms with Gasteiger partial charge in [-0.2, -0.15) is 0 Å². The van der Waals surface area contributed by atoms with E-state index in [-0.39, 0.29) is 25.7 Å². The van der Waals surface area contributed by atoms with E-state index in [1.165, 1.54) is 12.1 Å². The average Bonchev–Trinajstić information content (AvgIpc) is 2.90. The minimum Gasteiger partial charge on any atom is -0.481 e. The van der Waals surface area contributed by atoms with Crippen molar-refractivity contribution in [2.24, 2.45) is 17.2 Å². The third-order valence-corrected chi connectivity index (χ3v) is 6.38. The quantitative estimate of drug-likeness (QED) is 0.104.